The third-order valence-electron chi connectivity index (χ3n) is 2.87. The zero-order valence-electron chi connectivity index (χ0n) is 9.69. The highest BCUT2D eigenvalue weighted by Gasteiger charge is 2.19. The quantitative estimate of drug-likeness (QED) is 0.806. The van der Waals surface area contributed by atoms with Crippen LogP contribution in [0.5, 0.6) is 0 Å². The molecule has 1 aliphatic heterocycles. The minimum absolute atomic E-state index is 0.275. The summed E-state index contributed by atoms with van der Waals surface area (Å²) in [5, 5.41) is 3.96. The van der Waals surface area contributed by atoms with E-state index in [-0.39, 0.29) is 6.10 Å². The normalized spacial score (nSPS) is 22.5. The summed E-state index contributed by atoms with van der Waals surface area (Å²) in [6.45, 7) is 3.58. The number of aromatic nitrogens is 2. The Morgan fingerprint density at radius 2 is 2.44 bits per heavy atom. The lowest BCUT2D eigenvalue weighted by Gasteiger charge is -2.04. The number of nitrogens with two attached hydrogens (primary N) is 1. The minimum Gasteiger partial charge on any atom is -0.378 e. The van der Waals surface area contributed by atoms with Gasteiger partial charge in [0.25, 0.3) is 0 Å². The summed E-state index contributed by atoms with van der Waals surface area (Å²) in [6.07, 6.45) is 4.04. The van der Waals surface area contributed by atoms with Crippen molar-refractivity contribution in [1.29, 1.82) is 0 Å². The summed E-state index contributed by atoms with van der Waals surface area (Å²) in [5.74, 6) is 1.83. The van der Waals surface area contributed by atoms with Crippen LogP contribution < -0.4 is 5.73 Å². The summed E-state index contributed by atoms with van der Waals surface area (Å²) >= 11 is 0. The predicted molar refractivity (Wildman–Crippen MR) is 58.9 cm³/mol. The van der Waals surface area contributed by atoms with Crippen molar-refractivity contribution in [2.45, 2.75) is 38.7 Å². The number of hydrogen-bond acceptors (Lipinski definition) is 5. The van der Waals surface area contributed by atoms with Gasteiger partial charge in [-0.05, 0) is 25.3 Å². The molecule has 1 saturated heterocycles. The molecule has 5 nitrogen and oxygen atoms in total. The average molecular weight is 225 g/mol. The van der Waals surface area contributed by atoms with E-state index in [1.54, 1.807) is 0 Å². The fraction of sp³-hybridized carbons (Fsp3) is 0.818. The SMILES string of the molecule is CC(CN)Cc1nc(CC2CCCO2)no1. The highest BCUT2D eigenvalue weighted by molar-refractivity contribution is 4.90. The van der Waals surface area contributed by atoms with Crippen LogP contribution in [0.25, 0.3) is 0 Å². The van der Waals surface area contributed by atoms with E-state index in [9.17, 15) is 0 Å². The summed E-state index contributed by atoms with van der Waals surface area (Å²) < 4.78 is 10.7. The second kappa shape index (κ2) is 5.41. The fourth-order valence-electron chi connectivity index (χ4n) is 1.85. The molecule has 0 saturated carbocycles. The number of ether oxygens (including phenoxy) is 1. The highest BCUT2D eigenvalue weighted by Crippen LogP contribution is 2.16. The number of nitrogens with zero attached hydrogens (tertiary/aromatic N) is 2. The molecule has 90 valence electrons. The second-order valence-corrected chi connectivity index (χ2v) is 4.49. The van der Waals surface area contributed by atoms with Gasteiger partial charge in [0.1, 0.15) is 0 Å². The maximum Gasteiger partial charge on any atom is 0.226 e. The third-order valence-corrected chi connectivity index (χ3v) is 2.87. The van der Waals surface area contributed by atoms with Crippen molar-refractivity contribution in [3.05, 3.63) is 11.7 Å². The molecule has 2 atom stereocenters. The van der Waals surface area contributed by atoms with E-state index in [0.717, 1.165) is 38.1 Å². The van der Waals surface area contributed by atoms with Crippen LogP contribution >= 0.6 is 0 Å². The standard InChI is InChI=1S/C11H19N3O2/c1-8(7-12)5-11-13-10(14-16-11)6-9-3-2-4-15-9/h8-9H,2-7,12H2,1H3. The molecule has 2 N–H and O–H groups in total. The third kappa shape index (κ3) is 3.02. The van der Waals surface area contributed by atoms with Crippen LogP contribution in [0.4, 0.5) is 0 Å². The topological polar surface area (TPSA) is 74.2 Å². The van der Waals surface area contributed by atoms with Crippen molar-refractivity contribution in [2.24, 2.45) is 11.7 Å². The van der Waals surface area contributed by atoms with Crippen molar-refractivity contribution in [1.82, 2.24) is 10.1 Å². The first-order chi connectivity index (χ1) is 7.78. The minimum atomic E-state index is 0.275. The Morgan fingerprint density at radius 1 is 1.56 bits per heavy atom. The maximum absolute atomic E-state index is 5.55. The summed E-state index contributed by atoms with van der Waals surface area (Å²) in [5.41, 5.74) is 5.55. The molecule has 0 amide bonds. The predicted octanol–water partition coefficient (Wildman–Crippen LogP) is 0.928. The second-order valence-electron chi connectivity index (χ2n) is 4.49. The van der Waals surface area contributed by atoms with Gasteiger partial charge >= 0.3 is 0 Å². The van der Waals surface area contributed by atoms with Gasteiger partial charge in [-0.2, -0.15) is 4.98 Å². The molecular weight excluding hydrogens is 206 g/mol. The monoisotopic (exact) mass is 225 g/mol. The van der Waals surface area contributed by atoms with E-state index in [2.05, 4.69) is 17.1 Å². The zero-order valence-corrected chi connectivity index (χ0v) is 9.69. The molecule has 0 radical (unpaired) electrons. The Kier molecular flexibility index (Phi) is 3.90. The zero-order chi connectivity index (χ0) is 11.4. The maximum atomic E-state index is 5.55. The lowest BCUT2D eigenvalue weighted by molar-refractivity contribution is 0.109. The van der Waals surface area contributed by atoms with Gasteiger partial charge in [-0.25, -0.2) is 0 Å². The Balaban J connectivity index is 1.86. The van der Waals surface area contributed by atoms with Gasteiger partial charge < -0.3 is 15.0 Å². The Morgan fingerprint density at radius 3 is 3.12 bits per heavy atom. The molecule has 5 heteroatoms. The van der Waals surface area contributed by atoms with Crippen molar-refractivity contribution >= 4 is 0 Å². The van der Waals surface area contributed by atoms with Crippen molar-refractivity contribution in [3.8, 4) is 0 Å². The molecule has 0 aliphatic carbocycles. The first kappa shape index (κ1) is 11.5. The van der Waals surface area contributed by atoms with Gasteiger partial charge in [0, 0.05) is 19.4 Å². The van der Waals surface area contributed by atoms with E-state index < -0.39 is 0 Å². The van der Waals surface area contributed by atoms with Crippen LogP contribution in [-0.2, 0) is 17.6 Å². The Labute approximate surface area is 95.3 Å². The molecule has 1 aromatic heterocycles. The van der Waals surface area contributed by atoms with Crippen LogP contribution in [-0.4, -0.2) is 29.4 Å². The van der Waals surface area contributed by atoms with E-state index in [0.29, 0.717) is 18.4 Å². The van der Waals surface area contributed by atoms with Gasteiger partial charge in [-0.3, -0.25) is 0 Å². The molecule has 16 heavy (non-hydrogen) atoms. The van der Waals surface area contributed by atoms with E-state index in [1.165, 1.54) is 0 Å². The van der Waals surface area contributed by atoms with E-state index in [1.807, 2.05) is 0 Å². The highest BCUT2D eigenvalue weighted by atomic mass is 16.5. The smallest absolute Gasteiger partial charge is 0.226 e. The molecule has 0 spiro atoms. The molecule has 2 heterocycles. The molecule has 1 aliphatic rings. The molecule has 0 bridgehead atoms. The Bertz CT molecular complexity index is 321. The average Bonchev–Trinajstić information content (AvgIpc) is 2.91. The van der Waals surface area contributed by atoms with Crippen molar-refractivity contribution in [3.63, 3.8) is 0 Å². The number of rotatable bonds is 5. The lowest BCUT2D eigenvalue weighted by atomic mass is 10.1. The molecule has 1 fully saturated rings. The van der Waals surface area contributed by atoms with Gasteiger partial charge in [-0.15, -0.1) is 0 Å². The largest absolute Gasteiger partial charge is 0.378 e. The van der Waals surface area contributed by atoms with E-state index in [4.69, 9.17) is 15.0 Å². The van der Waals surface area contributed by atoms with Gasteiger partial charge in [0.05, 0.1) is 6.10 Å². The lowest BCUT2D eigenvalue weighted by Crippen LogP contribution is -2.13. The molecule has 2 rings (SSSR count). The summed E-state index contributed by atoms with van der Waals surface area (Å²) in [6, 6.07) is 0. The molecule has 1 aromatic rings. The summed E-state index contributed by atoms with van der Waals surface area (Å²) in [7, 11) is 0. The van der Waals surface area contributed by atoms with Crippen LogP contribution in [0.3, 0.4) is 0 Å². The van der Waals surface area contributed by atoms with Crippen molar-refractivity contribution < 1.29 is 9.26 Å². The fourth-order valence-corrected chi connectivity index (χ4v) is 1.85. The molecular formula is C11H19N3O2. The molecule has 2 unspecified atom stereocenters. The Hall–Kier alpha value is -0.940. The van der Waals surface area contributed by atoms with Crippen LogP contribution in [0, 0.1) is 5.92 Å². The summed E-state index contributed by atoms with van der Waals surface area (Å²) in [4.78, 5) is 4.35. The van der Waals surface area contributed by atoms with Gasteiger partial charge in [0.15, 0.2) is 5.82 Å². The van der Waals surface area contributed by atoms with Crippen LogP contribution in [0.1, 0.15) is 31.5 Å². The van der Waals surface area contributed by atoms with Crippen molar-refractivity contribution in [2.75, 3.05) is 13.2 Å². The molecule has 0 aromatic carbocycles. The van der Waals surface area contributed by atoms with Crippen LogP contribution in [0.15, 0.2) is 4.52 Å². The van der Waals surface area contributed by atoms with Gasteiger partial charge in [-0.1, -0.05) is 12.1 Å². The first-order valence-electron chi connectivity index (χ1n) is 5.91. The van der Waals surface area contributed by atoms with Gasteiger partial charge in [0.2, 0.25) is 5.89 Å². The number of hydrogen-bond donors (Lipinski definition) is 1. The van der Waals surface area contributed by atoms with E-state index >= 15 is 0 Å². The van der Waals surface area contributed by atoms with Crippen LogP contribution in [0.2, 0.25) is 0 Å². The first-order valence-corrected chi connectivity index (χ1v) is 5.91.